The molecule has 0 fully saturated rings. The molecule has 0 bridgehead atoms. The molecule has 3 nitrogen and oxygen atoms in total. The van der Waals surface area contributed by atoms with Crippen LogP contribution in [0.25, 0.3) is 0 Å². The molecule has 3 heteroatoms. The van der Waals surface area contributed by atoms with E-state index in [4.69, 9.17) is 4.74 Å². The molecule has 0 saturated carbocycles. The number of ether oxygens (including phenoxy) is 1. The smallest absolute Gasteiger partial charge is 0.338 e. The first kappa shape index (κ1) is 14.4. The van der Waals surface area contributed by atoms with Crippen LogP contribution in [0.3, 0.4) is 0 Å². The summed E-state index contributed by atoms with van der Waals surface area (Å²) in [4.78, 5) is 23.4. The Morgan fingerprint density at radius 2 is 1.56 bits per heavy atom. The van der Waals surface area contributed by atoms with Crippen LogP contribution in [0.4, 0.5) is 0 Å². The number of carbonyl (C=O) groups is 2. The Balaban J connectivity index is 2.77. The summed E-state index contributed by atoms with van der Waals surface area (Å²) in [5, 5.41) is 0. The zero-order valence-corrected chi connectivity index (χ0v) is 11.4. The molecule has 1 rings (SSSR count). The Morgan fingerprint density at radius 1 is 1.06 bits per heavy atom. The number of carbonyl (C=O) groups excluding carboxylic acids is 2. The van der Waals surface area contributed by atoms with Crippen molar-refractivity contribution in [3.8, 4) is 0 Å². The minimum atomic E-state index is -0.354. The molecule has 98 valence electrons. The topological polar surface area (TPSA) is 43.4 Å². The van der Waals surface area contributed by atoms with Crippen LogP contribution in [0.2, 0.25) is 0 Å². The molecule has 0 amide bonds. The van der Waals surface area contributed by atoms with Gasteiger partial charge in [-0.15, -0.1) is 0 Å². The number of esters is 1. The first-order valence-electron chi connectivity index (χ1n) is 6.14. The molecule has 0 aliphatic rings. The lowest BCUT2D eigenvalue weighted by atomic mass is 9.88. The number of ketones is 1. The SMILES string of the molecule is CCOC(=O)c1ccc(C(=O)CC(C)(C)C)cc1. The van der Waals surface area contributed by atoms with Gasteiger partial charge in [-0.1, -0.05) is 32.9 Å². The molecule has 0 heterocycles. The van der Waals surface area contributed by atoms with Gasteiger partial charge in [-0.3, -0.25) is 4.79 Å². The standard InChI is InChI=1S/C15H20O3/c1-5-18-14(17)12-8-6-11(7-9-12)13(16)10-15(2,3)4/h6-9H,5,10H2,1-4H3. The van der Waals surface area contributed by atoms with Gasteiger partial charge in [0.1, 0.15) is 0 Å². The fraction of sp³-hybridized carbons (Fsp3) is 0.467. The van der Waals surface area contributed by atoms with E-state index >= 15 is 0 Å². The fourth-order valence-corrected chi connectivity index (χ4v) is 1.59. The van der Waals surface area contributed by atoms with E-state index in [2.05, 4.69) is 0 Å². The third-order valence-electron chi connectivity index (χ3n) is 2.41. The predicted octanol–water partition coefficient (Wildman–Crippen LogP) is 3.48. The van der Waals surface area contributed by atoms with Crippen LogP contribution in [0.1, 0.15) is 54.8 Å². The van der Waals surface area contributed by atoms with Crippen LogP contribution in [-0.4, -0.2) is 18.4 Å². The highest BCUT2D eigenvalue weighted by atomic mass is 16.5. The van der Waals surface area contributed by atoms with Crippen LogP contribution < -0.4 is 0 Å². The van der Waals surface area contributed by atoms with E-state index in [1.807, 2.05) is 20.8 Å². The van der Waals surface area contributed by atoms with Gasteiger partial charge in [-0.05, 0) is 24.5 Å². The minimum Gasteiger partial charge on any atom is -0.462 e. The molecule has 0 aliphatic carbocycles. The summed E-state index contributed by atoms with van der Waals surface area (Å²) in [6, 6.07) is 6.63. The average Bonchev–Trinajstić information content (AvgIpc) is 2.27. The van der Waals surface area contributed by atoms with E-state index in [-0.39, 0.29) is 17.2 Å². The van der Waals surface area contributed by atoms with Crippen LogP contribution in [0.5, 0.6) is 0 Å². The van der Waals surface area contributed by atoms with Crippen molar-refractivity contribution >= 4 is 11.8 Å². The van der Waals surface area contributed by atoms with E-state index in [9.17, 15) is 9.59 Å². The maximum absolute atomic E-state index is 12.0. The quantitative estimate of drug-likeness (QED) is 0.605. The second kappa shape index (κ2) is 5.80. The summed E-state index contributed by atoms with van der Waals surface area (Å²) >= 11 is 0. The second-order valence-electron chi connectivity index (χ2n) is 5.46. The molecule has 0 unspecified atom stereocenters. The van der Waals surface area contributed by atoms with E-state index in [0.29, 0.717) is 24.2 Å². The van der Waals surface area contributed by atoms with Crippen LogP contribution in [0, 0.1) is 5.41 Å². The summed E-state index contributed by atoms with van der Waals surface area (Å²) in [7, 11) is 0. The largest absolute Gasteiger partial charge is 0.462 e. The molecule has 0 atom stereocenters. The predicted molar refractivity (Wildman–Crippen MR) is 70.8 cm³/mol. The molecule has 0 saturated heterocycles. The highest BCUT2D eigenvalue weighted by molar-refractivity contribution is 5.97. The zero-order valence-electron chi connectivity index (χ0n) is 11.4. The Bertz CT molecular complexity index is 424. The van der Waals surface area contributed by atoms with Gasteiger partial charge in [0.05, 0.1) is 12.2 Å². The van der Waals surface area contributed by atoms with Crippen molar-refractivity contribution in [1.82, 2.24) is 0 Å². The molecule has 0 N–H and O–H groups in total. The monoisotopic (exact) mass is 248 g/mol. The van der Waals surface area contributed by atoms with E-state index < -0.39 is 0 Å². The number of Topliss-reactive ketones (excluding diaryl/α,β-unsaturated/α-hetero) is 1. The Morgan fingerprint density at radius 3 is 2.00 bits per heavy atom. The summed E-state index contributed by atoms with van der Waals surface area (Å²) in [6.07, 6.45) is 0.492. The van der Waals surface area contributed by atoms with Gasteiger partial charge < -0.3 is 4.74 Å². The van der Waals surface area contributed by atoms with Crippen molar-refractivity contribution in [3.05, 3.63) is 35.4 Å². The molecule has 18 heavy (non-hydrogen) atoms. The average molecular weight is 248 g/mol. The third-order valence-corrected chi connectivity index (χ3v) is 2.41. The summed E-state index contributed by atoms with van der Waals surface area (Å²) in [5.41, 5.74) is 1.08. The number of hydrogen-bond acceptors (Lipinski definition) is 3. The first-order chi connectivity index (χ1) is 8.33. The molecule has 0 aliphatic heterocycles. The Hall–Kier alpha value is -1.64. The maximum Gasteiger partial charge on any atom is 0.338 e. The number of rotatable bonds is 4. The normalized spacial score (nSPS) is 11.1. The van der Waals surface area contributed by atoms with Gasteiger partial charge in [-0.2, -0.15) is 0 Å². The van der Waals surface area contributed by atoms with Crippen molar-refractivity contribution in [1.29, 1.82) is 0 Å². The molecular formula is C15H20O3. The molecule has 0 aromatic heterocycles. The number of hydrogen-bond donors (Lipinski definition) is 0. The van der Waals surface area contributed by atoms with Crippen molar-refractivity contribution in [3.63, 3.8) is 0 Å². The Labute approximate surface area is 108 Å². The van der Waals surface area contributed by atoms with Crippen LogP contribution in [0.15, 0.2) is 24.3 Å². The van der Waals surface area contributed by atoms with E-state index in [1.54, 1.807) is 31.2 Å². The Kier molecular flexibility index (Phi) is 4.65. The summed E-state index contributed by atoms with van der Waals surface area (Å²) in [5.74, 6) is -0.259. The van der Waals surface area contributed by atoms with Crippen molar-refractivity contribution in [2.75, 3.05) is 6.61 Å². The van der Waals surface area contributed by atoms with Gasteiger partial charge in [0.25, 0.3) is 0 Å². The van der Waals surface area contributed by atoms with Crippen molar-refractivity contribution < 1.29 is 14.3 Å². The first-order valence-corrected chi connectivity index (χ1v) is 6.14. The van der Waals surface area contributed by atoms with Gasteiger partial charge >= 0.3 is 5.97 Å². The molecule has 1 aromatic carbocycles. The highest BCUT2D eigenvalue weighted by Gasteiger charge is 2.17. The maximum atomic E-state index is 12.0. The van der Waals surface area contributed by atoms with Crippen LogP contribution in [-0.2, 0) is 4.74 Å². The highest BCUT2D eigenvalue weighted by Crippen LogP contribution is 2.21. The molecule has 1 aromatic rings. The van der Waals surface area contributed by atoms with Gasteiger partial charge in [-0.25, -0.2) is 4.79 Å². The minimum absolute atomic E-state index is 0.0309. The van der Waals surface area contributed by atoms with Gasteiger partial charge in [0.15, 0.2) is 5.78 Å². The van der Waals surface area contributed by atoms with Crippen molar-refractivity contribution in [2.45, 2.75) is 34.1 Å². The lowest BCUT2D eigenvalue weighted by molar-refractivity contribution is 0.0526. The lowest BCUT2D eigenvalue weighted by Crippen LogP contribution is -2.13. The fourth-order valence-electron chi connectivity index (χ4n) is 1.59. The number of benzene rings is 1. The van der Waals surface area contributed by atoms with E-state index in [1.165, 1.54) is 0 Å². The van der Waals surface area contributed by atoms with Crippen LogP contribution >= 0.6 is 0 Å². The van der Waals surface area contributed by atoms with Crippen molar-refractivity contribution in [2.24, 2.45) is 5.41 Å². The zero-order chi connectivity index (χ0) is 13.8. The molecular weight excluding hydrogens is 228 g/mol. The molecule has 0 spiro atoms. The summed E-state index contributed by atoms with van der Waals surface area (Å²) in [6.45, 7) is 8.19. The second-order valence-corrected chi connectivity index (χ2v) is 5.46. The molecule has 0 radical (unpaired) electrons. The van der Waals surface area contributed by atoms with Gasteiger partial charge in [0, 0.05) is 12.0 Å². The summed E-state index contributed by atoms with van der Waals surface area (Å²) < 4.78 is 4.88. The van der Waals surface area contributed by atoms with E-state index in [0.717, 1.165) is 0 Å². The third kappa shape index (κ3) is 4.32. The lowest BCUT2D eigenvalue weighted by Gasteiger charge is -2.16. The van der Waals surface area contributed by atoms with Gasteiger partial charge in [0.2, 0.25) is 0 Å².